The molecule has 1 aromatic carbocycles. The topological polar surface area (TPSA) is 75.4 Å². The summed E-state index contributed by atoms with van der Waals surface area (Å²) in [5.74, 6) is 1.76. The zero-order chi connectivity index (χ0) is 17.3. The van der Waals surface area contributed by atoms with E-state index in [9.17, 15) is 10.1 Å². The third-order valence-corrected chi connectivity index (χ3v) is 4.32. The maximum absolute atomic E-state index is 10.9. The summed E-state index contributed by atoms with van der Waals surface area (Å²) in [4.78, 5) is 23.8. The molecule has 2 aromatic rings. The summed E-state index contributed by atoms with van der Waals surface area (Å²) in [5, 5.41) is 10.9. The van der Waals surface area contributed by atoms with E-state index in [1.54, 1.807) is 12.1 Å². The molecule has 2 heterocycles. The Morgan fingerprint density at radius 3 is 2.71 bits per heavy atom. The van der Waals surface area contributed by atoms with Crippen molar-refractivity contribution < 1.29 is 4.92 Å². The van der Waals surface area contributed by atoms with Crippen LogP contribution in [-0.4, -0.2) is 46.0 Å². The van der Waals surface area contributed by atoms with Gasteiger partial charge in [0.05, 0.1) is 4.92 Å². The van der Waals surface area contributed by atoms with Gasteiger partial charge in [-0.05, 0) is 26.5 Å². The predicted octanol–water partition coefficient (Wildman–Crippen LogP) is 2.32. The van der Waals surface area contributed by atoms with Gasteiger partial charge in [0.15, 0.2) is 0 Å². The van der Waals surface area contributed by atoms with Crippen LogP contribution in [0.15, 0.2) is 30.3 Å². The van der Waals surface area contributed by atoms with Gasteiger partial charge in [0.2, 0.25) is 0 Å². The number of rotatable bonds is 5. The minimum absolute atomic E-state index is 0.142. The van der Waals surface area contributed by atoms with Crippen LogP contribution in [0.25, 0.3) is 0 Å². The van der Waals surface area contributed by atoms with Crippen LogP contribution >= 0.6 is 0 Å². The molecule has 1 aromatic heterocycles. The molecule has 0 spiro atoms. The molecule has 0 saturated carbocycles. The van der Waals surface area contributed by atoms with E-state index in [1.807, 2.05) is 26.0 Å². The number of aryl methyl sites for hydroxylation is 2. The van der Waals surface area contributed by atoms with Gasteiger partial charge in [-0.15, -0.1) is 0 Å². The van der Waals surface area contributed by atoms with Gasteiger partial charge in [-0.1, -0.05) is 12.1 Å². The minimum Gasteiger partial charge on any atom is -0.353 e. The lowest BCUT2D eigenvalue weighted by atomic mass is 10.1. The van der Waals surface area contributed by atoms with Gasteiger partial charge in [-0.2, -0.15) is 0 Å². The summed E-state index contributed by atoms with van der Waals surface area (Å²) in [7, 11) is 2.05. The first-order chi connectivity index (χ1) is 11.4. The van der Waals surface area contributed by atoms with E-state index in [2.05, 4.69) is 26.8 Å². The van der Waals surface area contributed by atoms with Crippen molar-refractivity contribution in [2.45, 2.75) is 26.4 Å². The predicted molar refractivity (Wildman–Crippen MR) is 92.1 cm³/mol. The van der Waals surface area contributed by atoms with Gasteiger partial charge in [0, 0.05) is 49.6 Å². The van der Waals surface area contributed by atoms with Gasteiger partial charge in [-0.25, -0.2) is 9.97 Å². The second kappa shape index (κ2) is 6.52. The maximum Gasteiger partial charge on any atom is 0.269 e. The van der Waals surface area contributed by atoms with Crippen LogP contribution in [0.2, 0.25) is 0 Å². The van der Waals surface area contributed by atoms with Crippen LogP contribution in [0, 0.1) is 24.0 Å². The van der Waals surface area contributed by atoms with E-state index >= 15 is 0 Å². The lowest BCUT2D eigenvalue weighted by Crippen LogP contribution is -2.58. The highest BCUT2D eigenvalue weighted by Gasteiger charge is 2.31. The third kappa shape index (κ3) is 3.51. The third-order valence-electron chi connectivity index (χ3n) is 4.32. The maximum atomic E-state index is 10.9. The summed E-state index contributed by atoms with van der Waals surface area (Å²) in [6.45, 7) is 6.39. The normalized spacial score (nSPS) is 14.8. The monoisotopic (exact) mass is 327 g/mol. The first-order valence-corrected chi connectivity index (χ1v) is 7.93. The van der Waals surface area contributed by atoms with Crippen molar-refractivity contribution in [1.29, 1.82) is 0 Å². The Morgan fingerprint density at radius 1 is 1.29 bits per heavy atom. The number of benzene rings is 1. The molecule has 7 heteroatoms. The molecule has 0 radical (unpaired) electrons. The Balaban J connectivity index is 1.59. The summed E-state index contributed by atoms with van der Waals surface area (Å²) >= 11 is 0. The average Bonchev–Trinajstić information content (AvgIpc) is 2.44. The molecular weight excluding hydrogens is 306 g/mol. The van der Waals surface area contributed by atoms with Gasteiger partial charge in [0.25, 0.3) is 5.69 Å². The molecular formula is C17H21N5O2. The Bertz CT molecular complexity index is 738. The molecule has 3 rings (SSSR count). The van der Waals surface area contributed by atoms with Crippen molar-refractivity contribution in [2.24, 2.45) is 0 Å². The first-order valence-electron chi connectivity index (χ1n) is 7.93. The molecule has 0 amide bonds. The quantitative estimate of drug-likeness (QED) is 0.620. The van der Waals surface area contributed by atoms with Crippen LogP contribution in [0.4, 0.5) is 11.5 Å². The molecule has 0 unspecified atom stereocenters. The highest BCUT2D eigenvalue weighted by atomic mass is 16.6. The van der Waals surface area contributed by atoms with Crippen molar-refractivity contribution >= 4 is 11.5 Å². The van der Waals surface area contributed by atoms with Crippen LogP contribution in [0.3, 0.4) is 0 Å². The summed E-state index contributed by atoms with van der Waals surface area (Å²) in [6, 6.07) is 9.25. The number of anilines is 1. The van der Waals surface area contributed by atoms with Crippen molar-refractivity contribution in [2.75, 3.05) is 25.0 Å². The van der Waals surface area contributed by atoms with E-state index in [4.69, 9.17) is 0 Å². The van der Waals surface area contributed by atoms with Crippen molar-refractivity contribution in [3.8, 4) is 0 Å². The molecule has 7 nitrogen and oxygen atoms in total. The fourth-order valence-corrected chi connectivity index (χ4v) is 2.97. The molecule has 0 aliphatic carbocycles. The van der Waals surface area contributed by atoms with E-state index < -0.39 is 0 Å². The van der Waals surface area contributed by atoms with E-state index in [0.29, 0.717) is 12.6 Å². The number of likely N-dealkylation sites (N-methyl/N-ethyl adjacent to an activating group) is 1. The van der Waals surface area contributed by atoms with Crippen LogP contribution < -0.4 is 4.90 Å². The number of hydrogen-bond acceptors (Lipinski definition) is 6. The number of aromatic nitrogens is 2. The van der Waals surface area contributed by atoms with E-state index in [1.165, 1.54) is 6.07 Å². The van der Waals surface area contributed by atoms with E-state index in [0.717, 1.165) is 36.0 Å². The summed E-state index contributed by atoms with van der Waals surface area (Å²) in [6.07, 6.45) is 0. The summed E-state index contributed by atoms with van der Waals surface area (Å²) in [5.41, 5.74) is 2.08. The van der Waals surface area contributed by atoms with Crippen LogP contribution in [0.1, 0.15) is 17.1 Å². The number of nitrogens with zero attached hydrogens (tertiary/aromatic N) is 5. The lowest BCUT2D eigenvalue weighted by Gasteiger charge is -2.44. The van der Waals surface area contributed by atoms with Gasteiger partial charge < -0.3 is 4.90 Å². The molecule has 1 aliphatic heterocycles. The number of nitro groups is 1. The zero-order valence-electron chi connectivity index (χ0n) is 14.1. The molecule has 1 fully saturated rings. The first kappa shape index (κ1) is 16.3. The highest BCUT2D eigenvalue weighted by molar-refractivity contribution is 5.43. The Hall–Kier alpha value is -2.54. The molecule has 0 N–H and O–H groups in total. The summed E-state index contributed by atoms with van der Waals surface area (Å²) < 4.78 is 0. The fourth-order valence-electron chi connectivity index (χ4n) is 2.97. The van der Waals surface area contributed by atoms with Crippen molar-refractivity contribution in [1.82, 2.24) is 14.9 Å². The standard InChI is InChI=1S/C17H21N5O2/c1-12-7-17(19-13(2)18-12)21-10-16(11-21)20(3)9-14-5-4-6-15(8-14)22(23)24/h4-8,16H,9-11H2,1-3H3. The second-order valence-corrected chi connectivity index (χ2v) is 6.32. The molecule has 1 aliphatic rings. The number of non-ortho nitro benzene ring substituents is 1. The Labute approximate surface area is 141 Å². The number of hydrogen-bond donors (Lipinski definition) is 0. The molecule has 126 valence electrons. The Morgan fingerprint density at radius 2 is 2.04 bits per heavy atom. The average molecular weight is 327 g/mol. The lowest BCUT2D eigenvalue weighted by molar-refractivity contribution is -0.384. The number of nitro benzene ring substituents is 1. The molecule has 0 bridgehead atoms. The van der Waals surface area contributed by atoms with Gasteiger partial charge >= 0.3 is 0 Å². The van der Waals surface area contributed by atoms with Gasteiger partial charge in [0.1, 0.15) is 11.6 Å². The largest absolute Gasteiger partial charge is 0.353 e. The van der Waals surface area contributed by atoms with Crippen molar-refractivity contribution in [3.63, 3.8) is 0 Å². The smallest absolute Gasteiger partial charge is 0.269 e. The Kier molecular flexibility index (Phi) is 4.44. The SMILES string of the molecule is Cc1cc(N2CC(N(C)Cc3cccc([N+](=O)[O-])c3)C2)nc(C)n1. The molecule has 0 atom stereocenters. The van der Waals surface area contributed by atoms with E-state index in [-0.39, 0.29) is 10.6 Å². The van der Waals surface area contributed by atoms with Crippen LogP contribution in [0.5, 0.6) is 0 Å². The van der Waals surface area contributed by atoms with Gasteiger partial charge in [-0.3, -0.25) is 15.0 Å². The minimum atomic E-state index is -0.353. The van der Waals surface area contributed by atoms with Crippen LogP contribution in [-0.2, 0) is 6.54 Å². The second-order valence-electron chi connectivity index (χ2n) is 6.32. The zero-order valence-corrected chi connectivity index (χ0v) is 14.1. The molecule has 1 saturated heterocycles. The molecule has 24 heavy (non-hydrogen) atoms. The highest BCUT2D eigenvalue weighted by Crippen LogP contribution is 2.23. The van der Waals surface area contributed by atoms with Crippen molar-refractivity contribution in [3.05, 3.63) is 57.5 Å². The fraction of sp³-hybridized carbons (Fsp3) is 0.412.